The van der Waals surface area contributed by atoms with Gasteiger partial charge >= 0.3 is 11.8 Å². The van der Waals surface area contributed by atoms with Gasteiger partial charge in [-0.15, -0.1) is 0 Å². The minimum atomic E-state index is -1.05. The molecule has 1 N–H and O–H groups in total. The predicted molar refractivity (Wildman–Crippen MR) is 63.8 cm³/mol. The van der Waals surface area contributed by atoms with Crippen molar-refractivity contribution >= 4 is 17.7 Å². The number of nitro groups is 1. The van der Waals surface area contributed by atoms with E-state index in [2.05, 4.69) is 0 Å². The largest absolute Gasteiger partial charge is 0.480 e. The molecule has 1 aliphatic heterocycles. The van der Waals surface area contributed by atoms with Gasteiger partial charge in [0.1, 0.15) is 6.04 Å². The zero-order valence-electron chi connectivity index (χ0n) is 10.3. The summed E-state index contributed by atoms with van der Waals surface area (Å²) in [4.78, 5) is 34.7. The average molecular weight is 267 g/mol. The van der Waals surface area contributed by atoms with E-state index in [1.54, 1.807) is 0 Å². The number of aromatic nitrogens is 1. The van der Waals surface area contributed by atoms with Gasteiger partial charge in [-0.05, 0) is 23.8 Å². The highest BCUT2D eigenvalue weighted by Crippen LogP contribution is 2.22. The standard InChI is InChI=1S/C11H13N3O5/c1-12-7(4-5-9(12)14(18)19)10(15)13-6-2-3-8(13)11(16)17/h4-5,8H,2-3,6H2,1H3,(H,16,17). The summed E-state index contributed by atoms with van der Waals surface area (Å²) >= 11 is 0. The summed E-state index contributed by atoms with van der Waals surface area (Å²) in [7, 11) is 1.41. The molecule has 1 unspecified atom stereocenters. The van der Waals surface area contributed by atoms with Crippen LogP contribution < -0.4 is 0 Å². The Morgan fingerprint density at radius 1 is 1.47 bits per heavy atom. The maximum absolute atomic E-state index is 12.2. The smallest absolute Gasteiger partial charge is 0.326 e. The molecule has 1 amide bonds. The summed E-state index contributed by atoms with van der Waals surface area (Å²) in [6.45, 7) is 0.356. The number of aliphatic carboxylic acids is 1. The second-order valence-corrected chi connectivity index (χ2v) is 4.39. The van der Waals surface area contributed by atoms with Crippen molar-refractivity contribution in [2.45, 2.75) is 18.9 Å². The van der Waals surface area contributed by atoms with E-state index < -0.39 is 22.8 Å². The maximum Gasteiger partial charge on any atom is 0.326 e. The van der Waals surface area contributed by atoms with E-state index in [0.717, 1.165) is 0 Å². The van der Waals surface area contributed by atoms with Crippen molar-refractivity contribution in [2.24, 2.45) is 7.05 Å². The first-order chi connectivity index (χ1) is 8.93. The van der Waals surface area contributed by atoms with Gasteiger partial charge in [0, 0.05) is 12.6 Å². The molecule has 0 aliphatic carbocycles. The molecule has 1 atom stereocenters. The number of nitrogens with zero attached hydrogens (tertiary/aromatic N) is 3. The number of hydrogen-bond donors (Lipinski definition) is 1. The van der Waals surface area contributed by atoms with Crippen LogP contribution in [0.2, 0.25) is 0 Å². The molecule has 2 rings (SSSR count). The summed E-state index contributed by atoms with van der Waals surface area (Å²) in [5, 5.41) is 19.8. The zero-order chi connectivity index (χ0) is 14.2. The van der Waals surface area contributed by atoms with Crippen molar-refractivity contribution in [1.82, 2.24) is 9.47 Å². The molecule has 1 aromatic heterocycles. The Balaban J connectivity index is 2.29. The van der Waals surface area contributed by atoms with Crippen LogP contribution in [0.25, 0.3) is 0 Å². The van der Waals surface area contributed by atoms with E-state index in [0.29, 0.717) is 19.4 Å². The third-order valence-electron chi connectivity index (χ3n) is 3.30. The molecule has 2 heterocycles. The molecule has 8 nitrogen and oxygen atoms in total. The Morgan fingerprint density at radius 2 is 2.16 bits per heavy atom. The lowest BCUT2D eigenvalue weighted by Crippen LogP contribution is -2.41. The summed E-state index contributed by atoms with van der Waals surface area (Å²) in [5.41, 5.74) is 0.125. The summed E-state index contributed by atoms with van der Waals surface area (Å²) in [6, 6.07) is 1.73. The number of carboxylic acids is 1. The van der Waals surface area contributed by atoms with Crippen LogP contribution in [0.3, 0.4) is 0 Å². The first kappa shape index (κ1) is 13.1. The molecule has 102 valence electrons. The highest BCUT2D eigenvalue weighted by Gasteiger charge is 2.37. The van der Waals surface area contributed by atoms with Gasteiger partial charge in [-0.2, -0.15) is 0 Å². The Kier molecular flexibility index (Phi) is 3.24. The molecule has 8 heteroatoms. The van der Waals surface area contributed by atoms with Crippen LogP contribution in [0.5, 0.6) is 0 Å². The first-order valence-electron chi connectivity index (χ1n) is 5.77. The van der Waals surface area contributed by atoms with Gasteiger partial charge < -0.3 is 20.1 Å². The third kappa shape index (κ3) is 2.16. The number of rotatable bonds is 3. The molecule has 1 fully saturated rings. The molecule has 1 aromatic rings. The van der Waals surface area contributed by atoms with E-state index in [1.807, 2.05) is 0 Å². The SMILES string of the molecule is Cn1c(C(=O)N2CCCC2C(=O)O)ccc1[N+](=O)[O-]. The van der Waals surface area contributed by atoms with E-state index in [1.165, 1.54) is 28.6 Å². The van der Waals surface area contributed by atoms with Crippen LogP contribution in [0.15, 0.2) is 12.1 Å². The molecule has 0 spiro atoms. The molecule has 0 bridgehead atoms. The number of likely N-dealkylation sites (tertiary alicyclic amines) is 1. The van der Waals surface area contributed by atoms with E-state index in [4.69, 9.17) is 5.11 Å². The fourth-order valence-corrected chi connectivity index (χ4v) is 2.31. The lowest BCUT2D eigenvalue weighted by atomic mass is 10.2. The quantitative estimate of drug-likeness (QED) is 0.638. The first-order valence-corrected chi connectivity index (χ1v) is 5.77. The summed E-state index contributed by atoms with van der Waals surface area (Å²) < 4.78 is 1.17. The van der Waals surface area contributed by atoms with Crippen molar-refractivity contribution in [3.63, 3.8) is 0 Å². The predicted octanol–water partition coefficient (Wildman–Crippen LogP) is 0.623. The highest BCUT2D eigenvalue weighted by molar-refractivity contribution is 5.96. The number of amides is 1. The third-order valence-corrected chi connectivity index (χ3v) is 3.30. The van der Waals surface area contributed by atoms with Crippen LogP contribution >= 0.6 is 0 Å². The van der Waals surface area contributed by atoms with E-state index in [-0.39, 0.29) is 11.5 Å². The van der Waals surface area contributed by atoms with Gasteiger partial charge in [0.05, 0.1) is 7.05 Å². The topological polar surface area (TPSA) is 106 Å². The Hall–Kier alpha value is -2.38. The maximum atomic E-state index is 12.2. The van der Waals surface area contributed by atoms with E-state index >= 15 is 0 Å². The summed E-state index contributed by atoms with van der Waals surface area (Å²) in [5.74, 6) is -1.73. The molecule has 1 saturated heterocycles. The van der Waals surface area contributed by atoms with Gasteiger partial charge in [0.25, 0.3) is 5.91 Å². The lowest BCUT2D eigenvalue weighted by Gasteiger charge is -2.20. The molecular formula is C11H13N3O5. The molecule has 0 aromatic carbocycles. The van der Waals surface area contributed by atoms with Crippen LogP contribution in [0, 0.1) is 10.1 Å². The lowest BCUT2D eigenvalue weighted by molar-refractivity contribution is -0.391. The Labute approximate surface area is 108 Å². The molecule has 0 radical (unpaired) electrons. The van der Waals surface area contributed by atoms with Crippen LogP contribution in [-0.2, 0) is 11.8 Å². The number of hydrogen-bond acceptors (Lipinski definition) is 4. The van der Waals surface area contributed by atoms with Crippen molar-refractivity contribution in [3.8, 4) is 0 Å². The van der Waals surface area contributed by atoms with Gasteiger partial charge in [-0.1, -0.05) is 0 Å². The van der Waals surface area contributed by atoms with Crippen molar-refractivity contribution in [3.05, 3.63) is 27.9 Å². The average Bonchev–Trinajstić information content (AvgIpc) is 2.93. The molecule has 19 heavy (non-hydrogen) atoms. The van der Waals surface area contributed by atoms with E-state index in [9.17, 15) is 19.7 Å². The minimum absolute atomic E-state index is 0.125. The fourth-order valence-electron chi connectivity index (χ4n) is 2.31. The summed E-state index contributed by atoms with van der Waals surface area (Å²) in [6.07, 6.45) is 1.03. The second kappa shape index (κ2) is 4.71. The minimum Gasteiger partial charge on any atom is -0.480 e. The van der Waals surface area contributed by atoms with Crippen LogP contribution in [0.4, 0.5) is 5.82 Å². The monoisotopic (exact) mass is 267 g/mol. The van der Waals surface area contributed by atoms with Gasteiger partial charge in [0.15, 0.2) is 5.69 Å². The normalized spacial score (nSPS) is 18.6. The van der Waals surface area contributed by atoms with Gasteiger partial charge in [-0.3, -0.25) is 4.79 Å². The second-order valence-electron chi connectivity index (χ2n) is 4.39. The highest BCUT2D eigenvalue weighted by atomic mass is 16.6. The molecule has 1 aliphatic rings. The van der Waals surface area contributed by atoms with Crippen LogP contribution in [0.1, 0.15) is 23.3 Å². The fraction of sp³-hybridized carbons (Fsp3) is 0.455. The number of carbonyl (C=O) groups excluding carboxylic acids is 1. The van der Waals surface area contributed by atoms with Gasteiger partial charge in [-0.25, -0.2) is 9.36 Å². The van der Waals surface area contributed by atoms with Crippen molar-refractivity contribution in [1.29, 1.82) is 0 Å². The van der Waals surface area contributed by atoms with Crippen molar-refractivity contribution < 1.29 is 19.6 Å². The molecular weight excluding hydrogens is 254 g/mol. The van der Waals surface area contributed by atoms with Crippen LogP contribution in [-0.4, -0.2) is 44.0 Å². The number of carbonyl (C=O) groups is 2. The van der Waals surface area contributed by atoms with Crippen molar-refractivity contribution in [2.75, 3.05) is 6.54 Å². The Bertz CT molecular complexity index is 551. The zero-order valence-corrected chi connectivity index (χ0v) is 10.3. The number of carboxylic acid groups (broad SMARTS) is 1. The van der Waals surface area contributed by atoms with Gasteiger partial charge in [0.2, 0.25) is 0 Å². The Morgan fingerprint density at radius 3 is 2.68 bits per heavy atom. The molecule has 0 saturated carbocycles.